The van der Waals surface area contributed by atoms with Crippen LogP contribution >= 0.6 is 24.0 Å². The molecule has 1 aliphatic heterocycles. The highest BCUT2D eigenvalue weighted by Gasteiger charge is 2.49. The Labute approximate surface area is 174 Å². The van der Waals surface area contributed by atoms with E-state index >= 15 is 0 Å². The Bertz CT molecular complexity index is 524. The van der Waals surface area contributed by atoms with Crippen molar-refractivity contribution in [3.05, 3.63) is 0 Å². The maximum atomic E-state index is 11.9. The second-order valence-corrected chi connectivity index (χ2v) is 8.97. The molecular formula is C19H35IN4O2. The Kier molecular flexibility index (Phi) is 7.07. The summed E-state index contributed by atoms with van der Waals surface area (Å²) >= 11 is 0. The SMILES string of the molecule is CN=C(NCC1(C2CC2)CCC1)N1CC[C@@H](NC(=O)OC(C)(C)C)C1.I. The van der Waals surface area contributed by atoms with E-state index in [1.165, 1.54) is 32.1 Å². The molecule has 3 rings (SSSR count). The zero-order valence-corrected chi connectivity index (χ0v) is 19.0. The molecule has 1 saturated heterocycles. The second-order valence-electron chi connectivity index (χ2n) is 8.97. The van der Waals surface area contributed by atoms with Gasteiger partial charge in [0, 0.05) is 26.7 Å². The Hall–Kier alpha value is -0.730. The largest absolute Gasteiger partial charge is 0.444 e. The van der Waals surface area contributed by atoms with E-state index in [1.54, 1.807) is 0 Å². The fourth-order valence-corrected chi connectivity index (χ4v) is 4.19. The average molecular weight is 478 g/mol. The maximum absolute atomic E-state index is 11.9. The summed E-state index contributed by atoms with van der Waals surface area (Å²) in [4.78, 5) is 18.7. The number of rotatable bonds is 4. The third-order valence-electron chi connectivity index (χ3n) is 5.81. The molecule has 6 nitrogen and oxygen atoms in total. The first-order chi connectivity index (χ1) is 11.8. The molecule has 1 atom stereocenters. The second kappa shape index (κ2) is 8.52. The Morgan fingerprint density at radius 1 is 1.27 bits per heavy atom. The number of guanidine groups is 1. The standard InChI is InChI=1S/C19H34N4O2.HI/c1-18(2,3)25-17(24)22-15-8-11-23(12-15)16(20-4)21-13-19(9-5-10-19)14-6-7-14;/h14-15H,5-13H2,1-4H3,(H,20,21)(H,22,24);1H/t15-;/m1./s1. The van der Waals surface area contributed by atoms with Gasteiger partial charge < -0.3 is 20.3 Å². The summed E-state index contributed by atoms with van der Waals surface area (Å²) in [7, 11) is 1.85. The zero-order valence-electron chi connectivity index (χ0n) is 16.6. The van der Waals surface area contributed by atoms with Crippen molar-refractivity contribution in [2.24, 2.45) is 16.3 Å². The first kappa shape index (κ1) is 21.6. The summed E-state index contributed by atoms with van der Waals surface area (Å²) in [6.45, 7) is 8.40. The summed E-state index contributed by atoms with van der Waals surface area (Å²) in [6, 6.07) is 0.120. The van der Waals surface area contributed by atoms with Crippen molar-refractivity contribution in [1.29, 1.82) is 0 Å². The van der Waals surface area contributed by atoms with Crippen LogP contribution in [0.15, 0.2) is 4.99 Å². The molecule has 0 spiro atoms. The van der Waals surface area contributed by atoms with Gasteiger partial charge in [0.05, 0.1) is 6.04 Å². The minimum atomic E-state index is -0.458. The monoisotopic (exact) mass is 478 g/mol. The van der Waals surface area contributed by atoms with Crippen LogP contribution in [-0.2, 0) is 4.74 Å². The molecule has 7 heteroatoms. The maximum Gasteiger partial charge on any atom is 0.407 e. The van der Waals surface area contributed by atoms with Gasteiger partial charge in [0.25, 0.3) is 0 Å². The van der Waals surface area contributed by atoms with Crippen LogP contribution in [0.3, 0.4) is 0 Å². The molecule has 3 fully saturated rings. The van der Waals surface area contributed by atoms with Crippen LogP contribution in [0.2, 0.25) is 0 Å². The number of carbonyl (C=O) groups is 1. The minimum absolute atomic E-state index is 0. The number of nitrogens with one attached hydrogen (secondary N) is 2. The number of halogens is 1. The molecule has 1 heterocycles. The molecule has 2 saturated carbocycles. The van der Waals surface area contributed by atoms with E-state index in [4.69, 9.17) is 4.74 Å². The molecule has 1 amide bonds. The number of alkyl carbamates (subject to hydrolysis) is 1. The molecule has 0 bridgehead atoms. The predicted octanol–water partition coefficient (Wildman–Crippen LogP) is 3.36. The Balaban J connectivity index is 0.00000243. The van der Waals surface area contributed by atoms with Crippen molar-refractivity contribution in [2.75, 3.05) is 26.7 Å². The van der Waals surface area contributed by atoms with Crippen molar-refractivity contribution >= 4 is 36.0 Å². The molecule has 26 heavy (non-hydrogen) atoms. The van der Waals surface area contributed by atoms with E-state index in [1.807, 2.05) is 27.8 Å². The van der Waals surface area contributed by atoms with Crippen LogP contribution in [0.4, 0.5) is 4.79 Å². The van der Waals surface area contributed by atoms with E-state index in [0.29, 0.717) is 5.41 Å². The van der Waals surface area contributed by atoms with Crippen LogP contribution in [0.1, 0.15) is 59.3 Å². The molecular weight excluding hydrogens is 443 g/mol. The predicted molar refractivity (Wildman–Crippen MR) is 115 cm³/mol. The van der Waals surface area contributed by atoms with Crippen LogP contribution < -0.4 is 10.6 Å². The van der Waals surface area contributed by atoms with Gasteiger partial charge in [-0.1, -0.05) is 6.42 Å². The normalized spacial score (nSPS) is 25.2. The number of nitrogens with zero attached hydrogens (tertiary/aromatic N) is 2. The number of carbonyl (C=O) groups excluding carboxylic acids is 1. The van der Waals surface area contributed by atoms with E-state index in [2.05, 4.69) is 20.5 Å². The molecule has 3 aliphatic rings. The molecule has 2 N–H and O–H groups in total. The van der Waals surface area contributed by atoms with Crippen molar-refractivity contribution in [3.63, 3.8) is 0 Å². The van der Waals surface area contributed by atoms with E-state index in [9.17, 15) is 4.79 Å². The molecule has 0 radical (unpaired) electrons. The van der Waals surface area contributed by atoms with Gasteiger partial charge in [-0.3, -0.25) is 4.99 Å². The van der Waals surface area contributed by atoms with E-state index in [0.717, 1.165) is 37.9 Å². The lowest BCUT2D eigenvalue weighted by atomic mass is 9.65. The summed E-state index contributed by atoms with van der Waals surface area (Å²) in [6.07, 6.45) is 7.52. The molecule has 2 aliphatic carbocycles. The number of amides is 1. The minimum Gasteiger partial charge on any atom is -0.444 e. The lowest BCUT2D eigenvalue weighted by molar-refractivity contribution is 0.0507. The van der Waals surface area contributed by atoms with E-state index in [-0.39, 0.29) is 36.1 Å². The van der Waals surface area contributed by atoms with Crippen LogP contribution in [0.25, 0.3) is 0 Å². The lowest BCUT2D eigenvalue weighted by Crippen LogP contribution is -2.49. The van der Waals surface area contributed by atoms with Gasteiger partial charge in [-0.25, -0.2) is 4.79 Å². The first-order valence-electron chi connectivity index (χ1n) is 9.76. The van der Waals surface area contributed by atoms with Crippen molar-refractivity contribution in [1.82, 2.24) is 15.5 Å². The fourth-order valence-electron chi connectivity index (χ4n) is 4.19. The van der Waals surface area contributed by atoms with Crippen molar-refractivity contribution in [2.45, 2.75) is 70.9 Å². The number of hydrogen-bond donors (Lipinski definition) is 2. The van der Waals surface area contributed by atoms with Crippen molar-refractivity contribution in [3.8, 4) is 0 Å². The zero-order chi connectivity index (χ0) is 18.1. The van der Waals surface area contributed by atoms with Gasteiger partial charge >= 0.3 is 6.09 Å². The highest BCUT2D eigenvalue weighted by atomic mass is 127. The number of hydrogen-bond acceptors (Lipinski definition) is 3. The Morgan fingerprint density at radius 3 is 2.46 bits per heavy atom. The molecule has 0 unspecified atom stereocenters. The third kappa shape index (κ3) is 5.39. The van der Waals surface area contributed by atoms with Gasteiger partial charge in [0.15, 0.2) is 5.96 Å². The molecule has 0 aromatic heterocycles. The van der Waals surface area contributed by atoms with E-state index < -0.39 is 5.60 Å². The van der Waals surface area contributed by atoms with Gasteiger partial charge in [-0.2, -0.15) is 0 Å². The quantitative estimate of drug-likeness (QED) is 0.370. The molecule has 0 aromatic carbocycles. The van der Waals surface area contributed by atoms with Gasteiger partial charge in [-0.05, 0) is 64.2 Å². The van der Waals surface area contributed by atoms with Gasteiger partial charge in [-0.15, -0.1) is 24.0 Å². The van der Waals surface area contributed by atoms with Crippen LogP contribution in [0.5, 0.6) is 0 Å². The summed E-state index contributed by atoms with van der Waals surface area (Å²) in [5.74, 6) is 1.91. The fraction of sp³-hybridized carbons (Fsp3) is 0.895. The summed E-state index contributed by atoms with van der Waals surface area (Å²) in [5, 5.41) is 6.60. The number of aliphatic imine (C=N–C) groups is 1. The molecule has 0 aromatic rings. The lowest BCUT2D eigenvalue weighted by Gasteiger charge is -2.43. The average Bonchev–Trinajstić information content (AvgIpc) is 3.21. The van der Waals surface area contributed by atoms with Gasteiger partial charge in [0.2, 0.25) is 0 Å². The molecule has 150 valence electrons. The highest BCUT2D eigenvalue weighted by molar-refractivity contribution is 14.0. The Morgan fingerprint density at radius 2 is 1.96 bits per heavy atom. The number of ether oxygens (including phenoxy) is 1. The topological polar surface area (TPSA) is 66.0 Å². The summed E-state index contributed by atoms with van der Waals surface area (Å²) in [5.41, 5.74) is 0.0731. The highest BCUT2D eigenvalue weighted by Crippen LogP contribution is 2.56. The summed E-state index contributed by atoms with van der Waals surface area (Å²) < 4.78 is 5.35. The van der Waals surface area contributed by atoms with Crippen molar-refractivity contribution < 1.29 is 9.53 Å². The van der Waals surface area contributed by atoms with Gasteiger partial charge in [0.1, 0.15) is 5.60 Å². The van der Waals surface area contributed by atoms with Crippen LogP contribution in [0, 0.1) is 11.3 Å². The van der Waals surface area contributed by atoms with Crippen LogP contribution in [-0.4, -0.2) is 55.3 Å². The smallest absolute Gasteiger partial charge is 0.407 e. The number of likely N-dealkylation sites (tertiary alicyclic amines) is 1. The first-order valence-corrected chi connectivity index (χ1v) is 9.76. The third-order valence-corrected chi connectivity index (χ3v) is 5.81.